The van der Waals surface area contributed by atoms with Crippen LogP contribution in [0.25, 0.3) is 0 Å². The van der Waals surface area contributed by atoms with E-state index in [0.29, 0.717) is 23.8 Å². The van der Waals surface area contributed by atoms with E-state index >= 15 is 0 Å². The van der Waals surface area contributed by atoms with Gasteiger partial charge in [0.1, 0.15) is 5.00 Å². The predicted molar refractivity (Wildman–Crippen MR) is 109 cm³/mol. The Hall–Kier alpha value is -2.58. The van der Waals surface area contributed by atoms with E-state index in [1.807, 2.05) is 18.2 Å². The van der Waals surface area contributed by atoms with E-state index in [-0.39, 0.29) is 24.4 Å². The van der Waals surface area contributed by atoms with Gasteiger partial charge in [-0.1, -0.05) is 19.9 Å². The van der Waals surface area contributed by atoms with Crippen molar-refractivity contribution in [2.45, 2.75) is 26.3 Å². The van der Waals surface area contributed by atoms with Crippen molar-refractivity contribution in [3.05, 3.63) is 40.8 Å². The average molecular weight is 404 g/mol. The van der Waals surface area contributed by atoms with Gasteiger partial charge in [0.15, 0.2) is 11.5 Å². The molecular weight excluding hydrogens is 378 g/mol. The minimum atomic E-state index is -0.559. The van der Waals surface area contributed by atoms with E-state index in [4.69, 9.17) is 15.2 Å². The molecule has 0 aliphatic carbocycles. The lowest BCUT2D eigenvalue weighted by molar-refractivity contribution is -0.115. The SMILES string of the molecule is CC(C)[C@H](NCC(=O)Nc1sccc1C(N)=O)c1ccc2c(c1)OCCCO2. The highest BCUT2D eigenvalue weighted by Gasteiger charge is 2.20. The van der Waals surface area contributed by atoms with Gasteiger partial charge in [0.25, 0.3) is 5.91 Å². The molecule has 1 aliphatic heterocycles. The van der Waals surface area contributed by atoms with Gasteiger partial charge in [-0.25, -0.2) is 0 Å². The Kier molecular flexibility index (Phi) is 6.53. The van der Waals surface area contributed by atoms with Crippen LogP contribution in [0.15, 0.2) is 29.6 Å². The molecule has 2 heterocycles. The van der Waals surface area contributed by atoms with Crippen molar-refractivity contribution in [1.29, 1.82) is 0 Å². The molecule has 0 saturated heterocycles. The molecule has 0 spiro atoms. The summed E-state index contributed by atoms with van der Waals surface area (Å²) in [6.07, 6.45) is 0.853. The minimum Gasteiger partial charge on any atom is -0.490 e. The molecule has 0 saturated carbocycles. The summed E-state index contributed by atoms with van der Waals surface area (Å²) in [5.41, 5.74) is 6.67. The fourth-order valence-corrected chi connectivity index (χ4v) is 3.89. The van der Waals surface area contributed by atoms with E-state index in [1.54, 1.807) is 11.4 Å². The molecule has 1 aromatic heterocycles. The fraction of sp³-hybridized carbons (Fsp3) is 0.400. The maximum Gasteiger partial charge on any atom is 0.251 e. The van der Waals surface area contributed by atoms with Crippen molar-refractivity contribution >= 4 is 28.2 Å². The molecule has 0 radical (unpaired) electrons. The number of carbonyl (C=O) groups excluding carboxylic acids is 2. The third kappa shape index (κ3) is 4.82. The Balaban J connectivity index is 1.66. The highest BCUT2D eigenvalue weighted by Crippen LogP contribution is 2.34. The fourth-order valence-electron chi connectivity index (χ4n) is 3.09. The predicted octanol–water partition coefficient (Wildman–Crippen LogP) is 2.93. The molecular formula is C20H25N3O4S. The zero-order valence-corrected chi connectivity index (χ0v) is 16.8. The van der Waals surface area contributed by atoms with Crippen LogP contribution in [-0.2, 0) is 4.79 Å². The maximum atomic E-state index is 12.4. The van der Waals surface area contributed by atoms with Crippen LogP contribution in [-0.4, -0.2) is 31.6 Å². The Morgan fingerprint density at radius 2 is 1.93 bits per heavy atom. The topological polar surface area (TPSA) is 103 Å². The third-order valence-electron chi connectivity index (χ3n) is 4.46. The smallest absolute Gasteiger partial charge is 0.251 e. The quantitative estimate of drug-likeness (QED) is 0.660. The molecule has 3 rings (SSSR count). The standard InChI is InChI=1S/C20H25N3O4S/c1-12(2)18(13-4-5-15-16(10-13)27-8-3-7-26-15)22-11-17(24)23-20-14(19(21)25)6-9-28-20/h4-6,9-10,12,18,22H,3,7-8,11H2,1-2H3,(H2,21,25)(H,23,24)/t18-/m0/s1. The summed E-state index contributed by atoms with van der Waals surface area (Å²) in [7, 11) is 0. The third-order valence-corrected chi connectivity index (χ3v) is 5.29. The van der Waals surface area contributed by atoms with Crippen molar-refractivity contribution < 1.29 is 19.1 Å². The van der Waals surface area contributed by atoms with Gasteiger partial charge in [0.05, 0.1) is 25.3 Å². The number of thiophene rings is 1. The van der Waals surface area contributed by atoms with Gasteiger partial charge < -0.3 is 25.8 Å². The van der Waals surface area contributed by atoms with Gasteiger partial charge >= 0.3 is 0 Å². The Bertz CT molecular complexity index is 850. The van der Waals surface area contributed by atoms with Gasteiger partial charge in [-0.2, -0.15) is 0 Å². The molecule has 1 aromatic carbocycles. The van der Waals surface area contributed by atoms with Crippen LogP contribution in [0.4, 0.5) is 5.00 Å². The Labute approximate surface area is 168 Å². The summed E-state index contributed by atoms with van der Waals surface area (Å²) in [6, 6.07) is 7.44. The van der Waals surface area contributed by atoms with Gasteiger partial charge in [-0.15, -0.1) is 11.3 Å². The number of anilines is 1. The first-order chi connectivity index (χ1) is 13.5. The van der Waals surface area contributed by atoms with E-state index in [0.717, 1.165) is 23.5 Å². The van der Waals surface area contributed by atoms with Crippen LogP contribution in [0, 0.1) is 5.92 Å². The van der Waals surface area contributed by atoms with Crippen molar-refractivity contribution in [2.24, 2.45) is 11.7 Å². The first kappa shape index (κ1) is 20.2. The molecule has 0 fully saturated rings. The first-order valence-electron chi connectivity index (χ1n) is 9.25. The van der Waals surface area contributed by atoms with E-state index < -0.39 is 5.91 Å². The van der Waals surface area contributed by atoms with E-state index in [1.165, 1.54) is 11.3 Å². The Morgan fingerprint density at radius 1 is 1.18 bits per heavy atom. The molecule has 1 atom stereocenters. The second-order valence-electron chi connectivity index (χ2n) is 6.94. The zero-order valence-electron chi connectivity index (χ0n) is 16.0. The maximum absolute atomic E-state index is 12.4. The van der Waals surface area contributed by atoms with Gasteiger partial charge in [-0.05, 0) is 35.1 Å². The summed E-state index contributed by atoms with van der Waals surface area (Å²) in [5.74, 6) is 0.942. The largest absolute Gasteiger partial charge is 0.490 e. The number of hydrogen-bond acceptors (Lipinski definition) is 6. The molecule has 150 valence electrons. The number of nitrogens with two attached hydrogens (primary N) is 1. The van der Waals surface area contributed by atoms with E-state index in [2.05, 4.69) is 24.5 Å². The van der Waals surface area contributed by atoms with Crippen LogP contribution in [0.3, 0.4) is 0 Å². The number of primary amides is 1. The lowest BCUT2D eigenvalue weighted by Crippen LogP contribution is -2.33. The lowest BCUT2D eigenvalue weighted by atomic mass is 9.95. The number of nitrogens with one attached hydrogen (secondary N) is 2. The van der Waals surface area contributed by atoms with Crippen molar-refractivity contribution in [3.8, 4) is 11.5 Å². The number of carbonyl (C=O) groups is 2. The van der Waals surface area contributed by atoms with Gasteiger partial charge in [0, 0.05) is 12.5 Å². The molecule has 8 heteroatoms. The molecule has 2 aromatic rings. The normalized spacial score (nSPS) is 14.4. The number of amides is 2. The van der Waals surface area contributed by atoms with Crippen molar-refractivity contribution in [2.75, 3.05) is 25.1 Å². The monoisotopic (exact) mass is 403 g/mol. The van der Waals surface area contributed by atoms with Gasteiger partial charge in [-0.3, -0.25) is 9.59 Å². The summed E-state index contributed by atoms with van der Waals surface area (Å²) in [5, 5.41) is 8.23. The number of benzene rings is 1. The number of rotatable bonds is 7. The van der Waals surface area contributed by atoms with Crippen LogP contribution >= 0.6 is 11.3 Å². The minimum absolute atomic E-state index is 0.0400. The summed E-state index contributed by atoms with van der Waals surface area (Å²) >= 11 is 1.27. The lowest BCUT2D eigenvalue weighted by Gasteiger charge is -2.23. The molecule has 7 nitrogen and oxygen atoms in total. The van der Waals surface area contributed by atoms with Crippen molar-refractivity contribution in [3.63, 3.8) is 0 Å². The van der Waals surface area contributed by atoms with Gasteiger partial charge in [0.2, 0.25) is 5.91 Å². The molecule has 4 N–H and O–H groups in total. The summed E-state index contributed by atoms with van der Waals surface area (Å²) < 4.78 is 11.5. The van der Waals surface area contributed by atoms with Crippen molar-refractivity contribution in [1.82, 2.24) is 5.32 Å². The highest BCUT2D eigenvalue weighted by molar-refractivity contribution is 7.14. The first-order valence-corrected chi connectivity index (χ1v) is 10.1. The summed E-state index contributed by atoms with van der Waals surface area (Å²) in [6.45, 7) is 5.55. The second kappa shape index (κ2) is 9.07. The average Bonchev–Trinajstić information content (AvgIpc) is 2.98. The zero-order chi connectivity index (χ0) is 20.1. The van der Waals surface area contributed by atoms with Crippen LogP contribution in [0.1, 0.15) is 42.2 Å². The van der Waals surface area contributed by atoms with E-state index in [9.17, 15) is 9.59 Å². The molecule has 2 amide bonds. The van der Waals surface area contributed by atoms with Crippen LogP contribution < -0.4 is 25.8 Å². The summed E-state index contributed by atoms with van der Waals surface area (Å²) in [4.78, 5) is 23.7. The second-order valence-corrected chi connectivity index (χ2v) is 7.85. The molecule has 0 bridgehead atoms. The molecule has 1 aliphatic rings. The van der Waals surface area contributed by atoms with Crippen LogP contribution in [0.2, 0.25) is 0 Å². The van der Waals surface area contributed by atoms with Crippen LogP contribution in [0.5, 0.6) is 11.5 Å². The molecule has 28 heavy (non-hydrogen) atoms. The number of ether oxygens (including phenoxy) is 2. The Morgan fingerprint density at radius 3 is 2.64 bits per heavy atom. The highest BCUT2D eigenvalue weighted by atomic mass is 32.1. The number of hydrogen-bond donors (Lipinski definition) is 3. The number of fused-ring (bicyclic) bond motifs is 1. The molecule has 0 unspecified atom stereocenters.